The maximum atomic E-state index is 12.3. The highest BCUT2D eigenvalue weighted by Crippen LogP contribution is 2.10. The molecule has 1 aromatic heterocycles. The Morgan fingerprint density at radius 2 is 1.86 bits per heavy atom. The van der Waals surface area contributed by atoms with E-state index in [1.54, 1.807) is 6.07 Å². The van der Waals surface area contributed by atoms with Gasteiger partial charge in [0.15, 0.2) is 0 Å². The van der Waals surface area contributed by atoms with Gasteiger partial charge in [0.1, 0.15) is 0 Å². The summed E-state index contributed by atoms with van der Waals surface area (Å²) in [7, 11) is 0. The maximum absolute atomic E-state index is 12.3. The second-order valence-corrected chi connectivity index (χ2v) is 5.90. The van der Waals surface area contributed by atoms with Crippen LogP contribution in [0, 0.1) is 12.8 Å². The first-order valence-electron chi connectivity index (χ1n) is 7.55. The van der Waals surface area contributed by atoms with E-state index in [2.05, 4.69) is 19.2 Å². The highest BCUT2D eigenvalue weighted by Gasteiger charge is 2.04. The van der Waals surface area contributed by atoms with Crippen LogP contribution in [0.3, 0.4) is 0 Å². The zero-order chi connectivity index (χ0) is 15.2. The Hall–Kier alpha value is -2.03. The van der Waals surface area contributed by atoms with Crippen molar-refractivity contribution in [2.75, 3.05) is 11.9 Å². The van der Waals surface area contributed by atoms with Crippen molar-refractivity contribution in [2.24, 2.45) is 5.92 Å². The molecule has 3 nitrogen and oxygen atoms in total. The van der Waals surface area contributed by atoms with Crippen LogP contribution in [0.15, 0.2) is 47.3 Å². The van der Waals surface area contributed by atoms with E-state index in [0.717, 1.165) is 29.9 Å². The SMILES string of the molecule is Cc1cc(NCCC(C)C)cc(=O)n1Cc1ccccc1. The van der Waals surface area contributed by atoms with Crippen LogP contribution in [0.4, 0.5) is 5.69 Å². The number of hydrogen-bond donors (Lipinski definition) is 1. The minimum Gasteiger partial charge on any atom is -0.385 e. The number of benzene rings is 1. The average molecular weight is 284 g/mol. The van der Waals surface area contributed by atoms with Gasteiger partial charge >= 0.3 is 0 Å². The van der Waals surface area contributed by atoms with Crippen molar-refractivity contribution < 1.29 is 0 Å². The fraction of sp³-hybridized carbons (Fsp3) is 0.389. The molecule has 0 saturated heterocycles. The summed E-state index contributed by atoms with van der Waals surface area (Å²) in [5, 5.41) is 3.34. The molecule has 3 heteroatoms. The van der Waals surface area contributed by atoms with Gasteiger partial charge in [-0.2, -0.15) is 0 Å². The Bertz CT molecular complexity index is 629. The van der Waals surface area contributed by atoms with Crippen molar-refractivity contribution in [3.05, 3.63) is 64.1 Å². The van der Waals surface area contributed by atoms with E-state index < -0.39 is 0 Å². The summed E-state index contributed by atoms with van der Waals surface area (Å²) in [6, 6.07) is 13.8. The second kappa shape index (κ2) is 7.11. The van der Waals surface area contributed by atoms with Gasteiger partial charge in [-0.25, -0.2) is 0 Å². The minimum atomic E-state index is 0.0471. The fourth-order valence-electron chi connectivity index (χ4n) is 2.31. The summed E-state index contributed by atoms with van der Waals surface area (Å²) < 4.78 is 1.81. The third-order valence-electron chi connectivity index (χ3n) is 3.57. The molecule has 0 radical (unpaired) electrons. The van der Waals surface area contributed by atoms with Crippen LogP contribution in [0.2, 0.25) is 0 Å². The highest BCUT2D eigenvalue weighted by atomic mass is 16.1. The van der Waals surface area contributed by atoms with Gasteiger partial charge in [-0.05, 0) is 30.9 Å². The molecule has 0 amide bonds. The summed E-state index contributed by atoms with van der Waals surface area (Å²) in [4.78, 5) is 12.3. The predicted molar refractivity (Wildman–Crippen MR) is 88.9 cm³/mol. The topological polar surface area (TPSA) is 34.0 Å². The molecule has 0 bridgehead atoms. The van der Waals surface area contributed by atoms with Gasteiger partial charge in [-0.1, -0.05) is 44.2 Å². The normalized spacial score (nSPS) is 10.9. The van der Waals surface area contributed by atoms with Gasteiger partial charge in [0.25, 0.3) is 5.56 Å². The number of anilines is 1. The molecule has 2 rings (SSSR count). The molecule has 0 saturated carbocycles. The Kier molecular flexibility index (Phi) is 5.20. The number of pyridine rings is 1. The zero-order valence-electron chi connectivity index (χ0n) is 13.1. The molecule has 0 unspecified atom stereocenters. The zero-order valence-corrected chi connectivity index (χ0v) is 13.1. The van der Waals surface area contributed by atoms with Gasteiger partial charge in [0.05, 0.1) is 6.54 Å². The van der Waals surface area contributed by atoms with Crippen molar-refractivity contribution in [1.82, 2.24) is 4.57 Å². The van der Waals surface area contributed by atoms with Crippen molar-refractivity contribution in [3.8, 4) is 0 Å². The predicted octanol–water partition coefficient (Wildman–Crippen LogP) is 3.66. The van der Waals surface area contributed by atoms with Gasteiger partial charge in [0, 0.05) is 24.0 Å². The van der Waals surface area contributed by atoms with Gasteiger partial charge in [-0.3, -0.25) is 4.79 Å². The summed E-state index contributed by atoms with van der Waals surface area (Å²) in [5.41, 5.74) is 3.09. The molecule has 112 valence electrons. The van der Waals surface area contributed by atoms with E-state index in [0.29, 0.717) is 12.5 Å². The lowest BCUT2D eigenvalue weighted by Gasteiger charge is -2.13. The minimum absolute atomic E-state index is 0.0471. The molecule has 0 atom stereocenters. The summed E-state index contributed by atoms with van der Waals surface area (Å²) in [6.07, 6.45) is 1.10. The quantitative estimate of drug-likeness (QED) is 0.878. The third-order valence-corrected chi connectivity index (χ3v) is 3.57. The van der Waals surface area contributed by atoms with Crippen LogP contribution in [0.5, 0.6) is 0 Å². The fourth-order valence-corrected chi connectivity index (χ4v) is 2.31. The first-order valence-corrected chi connectivity index (χ1v) is 7.55. The molecular formula is C18H24N2O. The van der Waals surface area contributed by atoms with Crippen LogP contribution in [-0.4, -0.2) is 11.1 Å². The molecule has 21 heavy (non-hydrogen) atoms. The van der Waals surface area contributed by atoms with E-state index >= 15 is 0 Å². The Morgan fingerprint density at radius 1 is 1.14 bits per heavy atom. The molecular weight excluding hydrogens is 260 g/mol. The molecule has 0 aliphatic heterocycles. The average Bonchev–Trinajstić information content (AvgIpc) is 2.44. The van der Waals surface area contributed by atoms with Gasteiger partial charge in [-0.15, -0.1) is 0 Å². The van der Waals surface area contributed by atoms with Gasteiger partial charge < -0.3 is 9.88 Å². The summed E-state index contributed by atoms with van der Waals surface area (Å²) >= 11 is 0. The standard InChI is InChI=1S/C18H24N2O/c1-14(2)9-10-19-17-11-15(3)20(18(21)12-17)13-16-7-5-4-6-8-16/h4-8,11-12,14,19H,9-10,13H2,1-3H3. The van der Waals surface area contributed by atoms with Crippen LogP contribution < -0.4 is 10.9 Å². The van der Waals surface area contributed by atoms with Crippen molar-refractivity contribution in [2.45, 2.75) is 33.7 Å². The number of aromatic nitrogens is 1. The Labute approximate surface area is 126 Å². The summed E-state index contributed by atoms with van der Waals surface area (Å²) in [5.74, 6) is 0.664. The summed E-state index contributed by atoms with van der Waals surface area (Å²) in [6.45, 7) is 7.91. The molecule has 0 spiro atoms. The Balaban J connectivity index is 2.12. The third kappa shape index (κ3) is 4.48. The molecule has 1 aromatic carbocycles. The van der Waals surface area contributed by atoms with Crippen molar-refractivity contribution >= 4 is 5.69 Å². The number of aryl methyl sites for hydroxylation is 1. The largest absolute Gasteiger partial charge is 0.385 e. The number of nitrogens with zero attached hydrogens (tertiary/aromatic N) is 1. The van der Waals surface area contributed by atoms with E-state index in [-0.39, 0.29) is 5.56 Å². The first-order chi connectivity index (χ1) is 10.1. The monoisotopic (exact) mass is 284 g/mol. The Morgan fingerprint density at radius 3 is 2.48 bits per heavy atom. The number of rotatable bonds is 6. The first kappa shape index (κ1) is 15.4. The molecule has 0 aliphatic rings. The van der Waals surface area contributed by atoms with E-state index in [4.69, 9.17) is 0 Å². The van der Waals surface area contributed by atoms with Crippen molar-refractivity contribution in [1.29, 1.82) is 0 Å². The molecule has 1 heterocycles. The molecule has 0 aliphatic carbocycles. The van der Waals surface area contributed by atoms with E-state index in [9.17, 15) is 4.79 Å². The van der Waals surface area contributed by atoms with Crippen LogP contribution in [0.25, 0.3) is 0 Å². The van der Waals surface area contributed by atoms with Crippen LogP contribution >= 0.6 is 0 Å². The van der Waals surface area contributed by atoms with Gasteiger partial charge in [0.2, 0.25) is 0 Å². The molecule has 1 N–H and O–H groups in total. The number of nitrogens with one attached hydrogen (secondary N) is 1. The maximum Gasteiger partial charge on any atom is 0.253 e. The van der Waals surface area contributed by atoms with Crippen LogP contribution in [-0.2, 0) is 6.54 Å². The lowest BCUT2D eigenvalue weighted by molar-refractivity contribution is 0.607. The van der Waals surface area contributed by atoms with Crippen LogP contribution in [0.1, 0.15) is 31.5 Å². The number of hydrogen-bond acceptors (Lipinski definition) is 2. The molecule has 2 aromatic rings. The van der Waals surface area contributed by atoms with E-state index in [1.165, 1.54) is 0 Å². The van der Waals surface area contributed by atoms with Crippen molar-refractivity contribution in [3.63, 3.8) is 0 Å². The second-order valence-electron chi connectivity index (χ2n) is 5.90. The lowest BCUT2D eigenvalue weighted by atomic mass is 10.1. The highest BCUT2D eigenvalue weighted by molar-refractivity contribution is 5.43. The smallest absolute Gasteiger partial charge is 0.253 e. The lowest BCUT2D eigenvalue weighted by Crippen LogP contribution is -2.23. The molecule has 0 fully saturated rings. The van der Waals surface area contributed by atoms with E-state index in [1.807, 2.05) is 47.9 Å².